The van der Waals surface area contributed by atoms with Crippen LogP contribution < -0.4 is 4.90 Å². The van der Waals surface area contributed by atoms with E-state index in [2.05, 4.69) is 23.1 Å². The van der Waals surface area contributed by atoms with Gasteiger partial charge in [0.15, 0.2) is 0 Å². The maximum atomic E-state index is 11.1. The fraction of sp³-hybridized carbons (Fsp3) is 0.235. The molecule has 2 aromatic carbocycles. The molecule has 1 aliphatic rings. The lowest BCUT2D eigenvalue weighted by Crippen LogP contribution is -2.18. The van der Waals surface area contributed by atoms with Gasteiger partial charge < -0.3 is 10.0 Å². The maximum Gasteiger partial charge on any atom is 0.335 e. The van der Waals surface area contributed by atoms with Crippen molar-refractivity contribution in [3.05, 3.63) is 59.7 Å². The summed E-state index contributed by atoms with van der Waals surface area (Å²) in [5.41, 5.74) is 3.83. The number of nitrogens with zero attached hydrogens (tertiary/aromatic N) is 1. The van der Waals surface area contributed by atoms with E-state index in [0.29, 0.717) is 5.56 Å². The number of fused-ring (bicyclic) bond motifs is 1. The number of hydrogen-bond donors (Lipinski definition) is 1. The summed E-state index contributed by atoms with van der Waals surface area (Å²) in [6, 6.07) is 15.6. The first-order valence-corrected chi connectivity index (χ1v) is 6.94. The normalized spacial score (nSPS) is 14.5. The molecule has 0 atom stereocenters. The lowest BCUT2D eigenvalue weighted by Gasteiger charge is -2.25. The predicted octanol–water partition coefficient (Wildman–Crippen LogP) is 3.86. The van der Waals surface area contributed by atoms with E-state index in [4.69, 9.17) is 5.11 Å². The van der Waals surface area contributed by atoms with Gasteiger partial charge in [0.05, 0.1) is 5.56 Å². The third-order valence-corrected chi connectivity index (χ3v) is 3.77. The van der Waals surface area contributed by atoms with Gasteiger partial charge in [0.2, 0.25) is 0 Å². The Hall–Kier alpha value is -2.29. The van der Waals surface area contributed by atoms with E-state index in [1.807, 2.05) is 18.2 Å². The summed E-state index contributed by atoms with van der Waals surface area (Å²) in [5, 5.41) is 9.14. The lowest BCUT2D eigenvalue weighted by atomic mass is 10.1. The van der Waals surface area contributed by atoms with Crippen molar-refractivity contribution >= 4 is 17.3 Å². The maximum absolute atomic E-state index is 11.1. The Morgan fingerprint density at radius 2 is 1.90 bits per heavy atom. The van der Waals surface area contributed by atoms with Crippen molar-refractivity contribution in [3.63, 3.8) is 0 Å². The van der Waals surface area contributed by atoms with Gasteiger partial charge in [-0.25, -0.2) is 4.79 Å². The van der Waals surface area contributed by atoms with Crippen molar-refractivity contribution in [1.82, 2.24) is 0 Å². The first kappa shape index (κ1) is 12.7. The molecule has 3 rings (SSSR count). The molecule has 0 amide bonds. The minimum Gasteiger partial charge on any atom is -0.478 e. The fourth-order valence-electron chi connectivity index (χ4n) is 2.77. The van der Waals surface area contributed by atoms with Crippen molar-refractivity contribution in [2.24, 2.45) is 0 Å². The summed E-state index contributed by atoms with van der Waals surface area (Å²) < 4.78 is 0. The van der Waals surface area contributed by atoms with Gasteiger partial charge in [-0.1, -0.05) is 24.3 Å². The van der Waals surface area contributed by atoms with Crippen molar-refractivity contribution in [2.45, 2.75) is 19.3 Å². The van der Waals surface area contributed by atoms with Crippen LogP contribution in [0.2, 0.25) is 0 Å². The van der Waals surface area contributed by atoms with E-state index in [1.54, 1.807) is 12.1 Å². The van der Waals surface area contributed by atoms with E-state index in [0.717, 1.165) is 25.1 Å². The summed E-state index contributed by atoms with van der Waals surface area (Å²) in [6.07, 6.45) is 3.38. The van der Waals surface area contributed by atoms with Gasteiger partial charge in [-0.15, -0.1) is 0 Å². The number of carboxylic acid groups (broad SMARTS) is 1. The van der Waals surface area contributed by atoms with Gasteiger partial charge in [-0.2, -0.15) is 0 Å². The van der Waals surface area contributed by atoms with Gasteiger partial charge in [0.25, 0.3) is 0 Å². The molecule has 0 radical (unpaired) electrons. The minimum atomic E-state index is -0.880. The van der Waals surface area contributed by atoms with Crippen LogP contribution in [-0.4, -0.2) is 17.6 Å². The molecule has 0 saturated heterocycles. The second-order valence-corrected chi connectivity index (χ2v) is 5.09. The summed E-state index contributed by atoms with van der Waals surface area (Å²) in [6.45, 7) is 0.931. The first-order chi connectivity index (χ1) is 9.75. The highest BCUT2D eigenvalue weighted by Crippen LogP contribution is 2.32. The average molecular weight is 267 g/mol. The molecule has 2 aromatic rings. The van der Waals surface area contributed by atoms with Crippen LogP contribution >= 0.6 is 0 Å². The van der Waals surface area contributed by atoms with Crippen LogP contribution in [-0.2, 0) is 6.42 Å². The fourth-order valence-corrected chi connectivity index (χ4v) is 2.77. The van der Waals surface area contributed by atoms with E-state index >= 15 is 0 Å². The monoisotopic (exact) mass is 267 g/mol. The quantitative estimate of drug-likeness (QED) is 0.898. The molecule has 0 spiro atoms. The molecule has 3 heteroatoms. The topological polar surface area (TPSA) is 40.5 Å². The van der Waals surface area contributed by atoms with E-state index in [1.165, 1.54) is 17.7 Å². The molecular formula is C17H17NO2. The molecule has 0 saturated carbocycles. The number of aryl methyl sites for hydroxylation is 1. The van der Waals surface area contributed by atoms with Gasteiger partial charge in [0.1, 0.15) is 0 Å². The molecule has 0 fully saturated rings. The van der Waals surface area contributed by atoms with Crippen LogP contribution in [0, 0.1) is 0 Å². The molecule has 1 aliphatic heterocycles. The second-order valence-electron chi connectivity index (χ2n) is 5.09. The van der Waals surface area contributed by atoms with Gasteiger partial charge in [0, 0.05) is 17.9 Å². The van der Waals surface area contributed by atoms with E-state index < -0.39 is 5.97 Å². The Kier molecular flexibility index (Phi) is 3.42. The highest BCUT2D eigenvalue weighted by atomic mass is 16.4. The predicted molar refractivity (Wildman–Crippen MR) is 79.8 cm³/mol. The molecule has 102 valence electrons. The largest absolute Gasteiger partial charge is 0.478 e. The Labute approximate surface area is 118 Å². The van der Waals surface area contributed by atoms with Crippen molar-refractivity contribution in [1.29, 1.82) is 0 Å². The molecular weight excluding hydrogens is 250 g/mol. The number of benzene rings is 2. The molecule has 1 N–H and O–H groups in total. The standard InChI is InChI=1S/C17H17NO2/c19-17(20)14-8-5-9-15(12-14)18-11-4-3-7-13-6-1-2-10-16(13)18/h1-2,5-6,8-10,12H,3-4,7,11H2,(H,19,20). The summed E-state index contributed by atoms with van der Waals surface area (Å²) >= 11 is 0. The number of rotatable bonds is 2. The average Bonchev–Trinajstić information content (AvgIpc) is 2.69. The zero-order chi connectivity index (χ0) is 13.9. The third kappa shape index (κ3) is 2.39. The molecule has 0 aromatic heterocycles. The van der Waals surface area contributed by atoms with Crippen LogP contribution in [0.5, 0.6) is 0 Å². The Morgan fingerprint density at radius 1 is 1.05 bits per heavy atom. The first-order valence-electron chi connectivity index (χ1n) is 6.94. The zero-order valence-electron chi connectivity index (χ0n) is 11.2. The minimum absolute atomic E-state index is 0.337. The molecule has 0 bridgehead atoms. The SMILES string of the molecule is O=C(O)c1cccc(N2CCCCc3ccccc32)c1. The van der Waals surface area contributed by atoms with Crippen molar-refractivity contribution < 1.29 is 9.90 Å². The Balaban J connectivity index is 2.05. The number of carbonyl (C=O) groups is 1. The van der Waals surface area contributed by atoms with Gasteiger partial charge in [-0.05, 0) is 49.1 Å². The summed E-state index contributed by atoms with van der Waals surface area (Å²) in [7, 11) is 0. The van der Waals surface area contributed by atoms with Crippen LogP contribution in [0.3, 0.4) is 0 Å². The third-order valence-electron chi connectivity index (χ3n) is 3.77. The molecule has 1 heterocycles. The van der Waals surface area contributed by atoms with Crippen LogP contribution in [0.1, 0.15) is 28.8 Å². The van der Waals surface area contributed by atoms with Gasteiger partial charge in [-0.3, -0.25) is 0 Å². The number of carboxylic acids is 1. The van der Waals surface area contributed by atoms with Gasteiger partial charge >= 0.3 is 5.97 Å². The number of hydrogen-bond acceptors (Lipinski definition) is 2. The van der Waals surface area contributed by atoms with Crippen LogP contribution in [0.25, 0.3) is 0 Å². The lowest BCUT2D eigenvalue weighted by molar-refractivity contribution is 0.0697. The summed E-state index contributed by atoms with van der Waals surface area (Å²) in [4.78, 5) is 13.4. The van der Waals surface area contributed by atoms with Crippen LogP contribution in [0.4, 0.5) is 11.4 Å². The molecule has 20 heavy (non-hydrogen) atoms. The molecule has 3 nitrogen and oxygen atoms in total. The molecule has 0 unspecified atom stereocenters. The zero-order valence-corrected chi connectivity index (χ0v) is 11.2. The number of anilines is 2. The number of aromatic carboxylic acids is 1. The molecule has 0 aliphatic carbocycles. The smallest absolute Gasteiger partial charge is 0.335 e. The van der Waals surface area contributed by atoms with Crippen molar-refractivity contribution in [2.75, 3.05) is 11.4 Å². The Bertz CT molecular complexity index is 636. The second kappa shape index (κ2) is 5.37. The van der Waals surface area contributed by atoms with E-state index in [9.17, 15) is 4.79 Å². The highest BCUT2D eigenvalue weighted by molar-refractivity contribution is 5.89. The van der Waals surface area contributed by atoms with E-state index in [-0.39, 0.29) is 0 Å². The highest BCUT2D eigenvalue weighted by Gasteiger charge is 2.17. The number of para-hydroxylation sites is 1. The Morgan fingerprint density at radius 3 is 2.75 bits per heavy atom. The summed E-state index contributed by atoms with van der Waals surface area (Å²) in [5.74, 6) is -0.880. The van der Waals surface area contributed by atoms with Crippen molar-refractivity contribution in [3.8, 4) is 0 Å². The van der Waals surface area contributed by atoms with Crippen LogP contribution in [0.15, 0.2) is 48.5 Å².